The topological polar surface area (TPSA) is 38.4 Å². The lowest BCUT2D eigenvalue weighted by Gasteiger charge is -2.04. The lowest BCUT2D eigenvalue weighted by atomic mass is 10.1. The Morgan fingerprint density at radius 1 is 0.941 bits per heavy atom. The first-order valence-corrected chi connectivity index (χ1v) is 5.63. The van der Waals surface area contributed by atoms with Crippen LogP contribution in [0.1, 0.15) is 16.7 Å². The van der Waals surface area contributed by atoms with E-state index in [2.05, 4.69) is 11.9 Å². The molecule has 0 saturated carbocycles. The van der Waals surface area contributed by atoms with Crippen molar-refractivity contribution >= 4 is 11.5 Å². The van der Waals surface area contributed by atoms with Crippen molar-refractivity contribution in [2.24, 2.45) is 10.7 Å². The van der Waals surface area contributed by atoms with E-state index in [0.29, 0.717) is 5.84 Å². The molecule has 0 fully saturated rings. The largest absolute Gasteiger partial charge is 0.383 e. The third kappa shape index (κ3) is 2.72. The van der Waals surface area contributed by atoms with Gasteiger partial charge in [0, 0.05) is 5.56 Å². The van der Waals surface area contributed by atoms with Gasteiger partial charge >= 0.3 is 0 Å². The molecule has 0 bridgehead atoms. The summed E-state index contributed by atoms with van der Waals surface area (Å²) in [7, 11) is 0. The van der Waals surface area contributed by atoms with Crippen LogP contribution in [0.3, 0.4) is 0 Å². The standard InChI is InChI=1S/C15H16N2/c1-11-7-9-13(10-8-11)17-15(16)14-6-4-3-5-12(14)2/h3-10H,1-2H3,(H2,16,17). The van der Waals surface area contributed by atoms with Crippen LogP contribution in [0.15, 0.2) is 53.5 Å². The molecule has 0 unspecified atom stereocenters. The first-order chi connectivity index (χ1) is 8.16. The minimum atomic E-state index is 0.562. The molecular formula is C15H16N2. The number of rotatable bonds is 2. The zero-order valence-corrected chi connectivity index (χ0v) is 10.1. The van der Waals surface area contributed by atoms with Crippen molar-refractivity contribution in [2.45, 2.75) is 13.8 Å². The van der Waals surface area contributed by atoms with E-state index in [9.17, 15) is 0 Å². The number of nitrogens with zero attached hydrogens (tertiary/aromatic N) is 1. The van der Waals surface area contributed by atoms with E-state index in [0.717, 1.165) is 16.8 Å². The van der Waals surface area contributed by atoms with Gasteiger partial charge < -0.3 is 5.73 Å². The SMILES string of the molecule is Cc1ccc(N=C(N)c2ccccc2C)cc1. The fourth-order valence-electron chi connectivity index (χ4n) is 1.68. The molecule has 2 rings (SSSR count). The number of amidine groups is 1. The third-order valence-electron chi connectivity index (χ3n) is 2.70. The number of benzene rings is 2. The van der Waals surface area contributed by atoms with Gasteiger partial charge in [0.25, 0.3) is 0 Å². The van der Waals surface area contributed by atoms with Gasteiger partial charge in [0.05, 0.1) is 5.69 Å². The highest BCUT2D eigenvalue weighted by Gasteiger charge is 2.01. The maximum atomic E-state index is 6.02. The zero-order chi connectivity index (χ0) is 12.3. The maximum Gasteiger partial charge on any atom is 0.131 e. The van der Waals surface area contributed by atoms with E-state index in [4.69, 9.17) is 5.73 Å². The van der Waals surface area contributed by atoms with Crippen LogP contribution in [0.4, 0.5) is 5.69 Å². The maximum absolute atomic E-state index is 6.02. The lowest BCUT2D eigenvalue weighted by Crippen LogP contribution is -2.14. The summed E-state index contributed by atoms with van der Waals surface area (Å²) in [5, 5.41) is 0. The highest BCUT2D eigenvalue weighted by Crippen LogP contribution is 2.15. The molecule has 0 radical (unpaired) electrons. The first-order valence-electron chi connectivity index (χ1n) is 5.63. The van der Waals surface area contributed by atoms with Crippen LogP contribution < -0.4 is 5.73 Å². The predicted octanol–water partition coefficient (Wildman–Crippen LogP) is 3.34. The van der Waals surface area contributed by atoms with Crippen LogP contribution in [0.25, 0.3) is 0 Å². The number of aliphatic imine (C=N–C) groups is 1. The van der Waals surface area contributed by atoms with E-state index in [1.807, 2.05) is 55.5 Å². The van der Waals surface area contributed by atoms with E-state index in [-0.39, 0.29) is 0 Å². The number of hydrogen-bond donors (Lipinski definition) is 1. The zero-order valence-electron chi connectivity index (χ0n) is 10.1. The van der Waals surface area contributed by atoms with Crippen molar-refractivity contribution in [3.8, 4) is 0 Å². The molecule has 0 spiro atoms. The summed E-state index contributed by atoms with van der Waals surface area (Å²) in [5.41, 5.74) is 10.3. The van der Waals surface area contributed by atoms with Gasteiger partial charge in [-0.2, -0.15) is 0 Å². The summed E-state index contributed by atoms with van der Waals surface area (Å²) in [4.78, 5) is 4.43. The van der Waals surface area contributed by atoms with Crippen molar-refractivity contribution in [3.05, 3.63) is 65.2 Å². The fraction of sp³-hybridized carbons (Fsp3) is 0.133. The predicted molar refractivity (Wildman–Crippen MR) is 72.7 cm³/mol. The summed E-state index contributed by atoms with van der Waals surface area (Å²) < 4.78 is 0. The van der Waals surface area contributed by atoms with Crippen LogP contribution >= 0.6 is 0 Å². The van der Waals surface area contributed by atoms with Crippen LogP contribution in [-0.2, 0) is 0 Å². The smallest absolute Gasteiger partial charge is 0.131 e. The lowest BCUT2D eigenvalue weighted by molar-refractivity contribution is 1.38. The number of hydrogen-bond acceptors (Lipinski definition) is 1. The fourth-order valence-corrected chi connectivity index (χ4v) is 1.68. The van der Waals surface area contributed by atoms with Gasteiger partial charge in [0.15, 0.2) is 0 Å². The van der Waals surface area contributed by atoms with Gasteiger partial charge in [-0.15, -0.1) is 0 Å². The second-order valence-electron chi connectivity index (χ2n) is 4.15. The van der Waals surface area contributed by atoms with Crippen LogP contribution in [0.2, 0.25) is 0 Å². The molecule has 2 heteroatoms. The van der Waals surface area contributed by atoms with Gasteiger partial charge in [-0.05, 0) is 31.5 Å². The van der Waals surface area contributed by atoms with Gasteiger partial charge in [-0.25, -0.2) is 4.99 Å². The quantitative estimate of drug-likeness (QED) is 0.616. The molecule has 2 aromatic carbocycles. The van der Waals surface area contributed by atoms with E-state index < -0.39 is 0 Å². The molecule has 0 atom stereocenters. The van der Waals surface area contributed by atoms with Crippen molar-refractivity contribution in [1.29, 1.82) is 0 Å². The van der Waals surface area contributed by atoms with Crippen molar-refractivity contribution in [3.63, 3.8) is 0 Å². The van der Waals surface area contributed by atoms with Crippen molar-refractivity contribution < 1.29 is 0 Å². The second kappa shape index (κ2) is 4.83. The molecule has 0 aliphatic heterocycles. The van der Waals surface area contributed by atoms with Gasteiger partial charge in [0.2, 0.25) is 0 Å². The molecule has 0 amide bonds. The molecule has 2 aromatic rings. The molecule has 2 N–H and O–H groups in total. The Morgan fingerprint density at radius 3 is 2.24 bits per heavy atom. The highest BCUT2D eigenvalue weighted by atomic mass is 14.9. The number of nitrogens with two attached hydrogens (primary N) is 1. The highest BCUT2D eigenvalue weighted by molar-refractivity contribution is 6.00. The molecule has 2 nitrogen and oxygen atoms in total. The molecule has 0 aliphatic rings. The Bertz CT molecular complexity index is 539. The summed E-state index contributed by atoms with van der Waals surface area (Å²) in [6.07, 6.45) is 0. The summed E-state index contributed by atoms with van der Waals surface area (Å²) in [6.45, 7) is 4.09. The number of aryl methyl sites for hydroxylation is 2. The summed E-state index contributed by atoms with van der Waals surface area (Å²) in [6, 6.07) is 16.0. The van der Waals surface area contributed by atoms with Crippen LogP contribution in [-0.4, -0.2) is 5.84 Å². The third-order valence-corrected chi connectivity index (χ3v) is 2.70. The molecule has 0 saturated heterocycles. The Morgan fingerprint density at radius 2 is 1.59 bits per heavy atom. The minimum Gasteiger partial charge on any atom is -0.383 e. The first kappa shape index (κ1) is 11.4. The average Bonchev–Trinajstić information content (AvgIpc) is 2.32. The van der Waals surface area contributed by atoms with Crippen LogP contribution in [0, 0.1) is 13.8 Å². The van der Waals surface area contributed by atoms with Crippen molar-refractivity contribution in [2.75, 3.05) is 0 Å². The van der Waals surface area contributed by atoms with Gasteiger partial charge in [-0.3, -0.25) is 0 Å². The van der Waals surface area contributed by atoms with E-state index in [1.54, 1.807) is 0 Å². The Labute approximate surface area is 102 Å². The Balaban J connectivity index is 2.34. The van der Waals surface area contributed by atoms with Crippen LogP contribution in [0.5, 0.6) is 0 Å². The Hall–Kier alpha value is -2.09. The molecule has 86 valence electrons. The van der Waals surface area contributed by atoms with Gasteiger partial charge in [-0.1, -0.05) is 42.0 Å². The molecule has 0 aliphatic carbocycles. The molecule has 0 aromatic heterocycles. The summed E-state index contributed by atoms with van der Waals surface area (Å²) >= 11 is 0. The molecule has 17 heavy (non-hydrogen) atoms. The average molecular weight is 224 g/mol. The van der Waals surface area contributed by atoms with Gasteiger partial charge in [0.1, 0.15) is 5.84 Å². The van der Waals surface area contributed by atoms with E-state index >= 15 is 0 Å². The monoisotopic (exact) mass is 224 g/mol. The van der Waals surface area contributed by atoms with E-state index in [1.165, 1.54) is 5.56 Å². The molecular weight excluding hydrogens is 208 g/mol. The van der Waals surface area contributed by atoms with Crippen molar-refractivity contribution in [1.82, 2.24) is 0 Å². The minimum absolute atomic E-state index is 0.562. The summed E-state index contributed by atoms with van der Waals surface area (Å²) in [5.74, 6) is 0.562. The molecule has 0 heterocycles. The Kier molecular flexibility index (Phi) is 3.24. The second-order valence-corrected chi connectivity index (χ2v) is 4.15. The normalized spacial score (nSPS) is 11.5.